The standard InChI is InChI=1S/C27H28N9OP/c1-29-15-17(14-28)16-5-8-22(37-2)21(13-16)34-27-35-25-18(9-10-32-25)26(36-27)33-20-7-6-19-23(24(20)38(3)4)31-12-11-30-19/h5-15H,28H2,1-4H3,(H3,32,33,34,35,36). The van der Waals surface area contributed by atoms with Crippen molar-refractivity contribution in [3.05, 3.63) is 66.8 Å². The number of anilines is 4. The summed E-state index contributed by atoms with van der Waals surface area (Å²) >= 11 is 0. The second kappa shape index (κ2) is 10.8. The molecule has 5 rings (SSSR count). The zero-order valence-electron chi connectivity index (χ0n) is 21.5. The van der Waals surface area contributed by atoms with E-state index in [2.05, 4.69) is 48.9 Å². The fourth-order valence-corrected chi connectivity index (χ4v) is 5.46. The first-order valence-corrected chi connectivity index (χ1v) is 14.1. The van der Waals surface area contributed by atoms with Gasteiger partial charge in [0.05, 0.1) is 29.2 Å². The molecular formula is C27H28N9OP. The number of hydrogen-bond donors (Lipinski definition) is 4. The van der Waals surface area contributed by atoms with Crippen LogP contribution in [0.25, 0.3) is 27.6 Å². The third-order valence-corrected chi connectivity index (χ3v) is 7.30. The van der Waals surface area contributed by atoms with Gasteiger partial charge in [0.1, 0.15) is 17.2 Å². The third-order valence-electron chi connectivity index (χ3n) is 5.96. The maximum absolute atomic E-state index is 5.83. The number of benzene rings is 2. The number of hydrogen-bond acceptors (Lipinski definition) is 9. The Hall–Kier alpha value is -4.56. The Morgan fingerprint density at radius 2 is 1.89 bits per heavy atom. The number of allylic oxidation sites excluding steroid dienone is 1. The molecule has 192 valence electrons. The predicted molar refractivity (Wildman–Crippen MR) is 158 cm³/mol. The monoisotopic (exact) mass is 525 g/mol. The van der Waals surface area contributed by atoms with Crippen LogP contribution >= 0.6 is 7.92 Å². The molecule has 0 aliphatic rings. The predicted octanol–water partition coefficient (Wildman–Crippen LogP) is 4.76. The summed E-state index contributed by atoms with van der Waals surface area (Å²) in [6.45, 7) is 4.41. The fourth-order valence-electron chi connectivity index (χ4n) is 4.25. The lowest BCUT2D eigenvalue weighted by Gasteiger charge is -2.17. The van der Waals surface area contributed by atoms with Crippen molar-refractivity contribution in [1.82, 2.24) is 24.9 Å². The van der Waals surface area contributed by atoms with E-state index in [1.165, 1.54) is 6.20 Å². The summed E-state index contributed by atoms with van der Waals surface area (Å²) in [5, 5.41) is 8.87. The number of nitrogens with zero attached hydrogens (tertiary/aromatic N) is 5. The van der Waals surface area contributed by atoms with Gasteiger partial charge in [-0.15, -0.1) is 0 Å². The molecule has 0 bridgehead atoms. The molecule has 3 heterocycles. The number of aromatic nitrogens is 5. The Kier molecular flexibility index (Phi) is 7.15. The fraction of sp³-hybridized carbons (Fsp3) is 0.148. The van der Waals surface area contributed by atoms with E-state index in [9.17, 15) is 0 Å². The van der Waals surface area contributed by atoms with Crippen molar-refractivity contribution in [2.24, 2.45) is 10.7 Å². The Morgan fingerprint density at radius 1 is 1.05 bits per heavy atom. The molecule has 0 radical (unpaired) electrons. The maximum Gasteiger partial charge on any atom is 0.231 e. The number of methoxy groups -OCH3 is 1. The number of nitrogens with one attached hydrogen (secondary N) is 3. The number of nitrogens with two attached hydrogens (primary N) is 1. The van der Waals surface area contributed by atoms with Crippen LogP contribution in [0.2, 0.25) is 0 Å². The highest BCUT2D eigenvalue weighted by molar-refractivity contribution is 7.65. The van der Waals surface area contributed by atoms with E-state index < -0.39 is 7.92 Å². The number of aliphatic imine (C=N–C) groups is 1. The normalized spacial score (nSPS) is 12.1. The summed E-state index contributed by atoms with van der Waals surface area (Å²) in [7, 11) is 2.83. The van der Waals surface area contributed by atoms with Crippen molar-refractivity contribution in [2.45, 2.75) is 0 Å². The van der Waals surface area contributed by atoms with E-state index in [0.717, 1.165) is 38.5 Å². The van der Waals surface area contributed by atoms with Crippen LogP contribution in [0.5, 0.6) is 5.75 Å². The molecular weight excluding hydrogens is 497 g/mol. The molecule has 0 aliphatic carbocycles. The maximum atomic E-state index is 5.83. The summed E-state index contributed by atoms with van der Waals surface area (Å²) in [5.41, 5.74) is 11.6. The number of fused-ring (bicyclic) bond motifs is 2. The van der Waals surface area contributed by atoms with Gasteiger partial charge in [-0.05, 0) is 49.2 Å². The highest BCUT2D eigenvalue weighted by Crippen LogP contribution is 2.35. The molecule has 0 saturated heterocycles. The van der Waals surface area contributed by atoms with Crippen molar-refractivity contribution in [3.63, 3.8) is 0 Å². The molecule has 5 aromatic rings. The lowest BCUT2D eigenvalue weighted by molar-refractivity contribution is 0.416. The van der Waals surface area contributed by atoms with E-state index in [0.29, 0.717) is 28.9 Å². The largest absolute Gasteiger partial charge is 0.495 e. The molecule has 38 heavy (non-hydrogen) atoms. The van der Waals surface area contributed by atoms with Gasteiger partial charge in [0.15, 0.2) is 0 Å². The Bertz CT molecular complexity index is 1680. The summed E-state index contributed by atoms with van der Waals surface area (Å²) < 4.78 is 5.59. The van der Waals surface area contributed by atoms with Gasteiger partial charge in [-0.2, -0.15) is 9.97 Å². The van der Waals surface area contributed by atoms with Crippen LogP contribution in [0, 0.1) is 0 Å². The summed E-state index contributed by atoms with van der Waals surface area (Å²) in [6.07, 6.45) is 8.51. The zero-order chi connectivity index (χ0) is 26.6. The molecule has 10 nitrogen and oxygen atoms in total. The topological polar surface area (TPSA) is 139 Å². The highest BCUT2D eigenvalue weighted by Gasteiger charge is 2.17. The van der Waals surface area contributed by atoms with Crippen LogP contribution in [-0.2, 0) is 0 Å². The Morgan fingerprint density at radius 3 is 2.66 bits per heavy atom. The van der Waals surface area contributed by atoms with Gasteiger partial charge in [0.25, 0.3) is 0 Å². The first kappa shape index (κ1) is 25.1. The second-order valence-electron chi connectivity index (χ2n) is 8.59. The Balaban J connectivity index is 1.57. The molecule has 0 aliphatic heterocycles. The number of ether oxygens (including phenoxy) is 1. The van der Waals surface area contributed by atoms with Crippen molar-refractivity contribution in [2.75, 3.05) is 38.1 Å². The van der Waals surface area contributed by atoms with E-state index in [4.69, 9.17) is 15.5 Å². The molecule has 0 spiro atoms. The number of H-pyrrole nitrogens is 1. The van der Waals surface area contributed by atoms with Gasteiger partial charge in [-0.1, -0.05) is 14.0 Å². The number of rotatable bonds is 8. The van der Waals surface area contributed by atoms with Crippen molar-refractivity contribution in [1.29, 1.82) is 0 Å². The molecule has 11 heteroatoms. The van der Waals surface area contributed by atoms with Crippen LogP contribution in [0.3, 0.4) is 0 Å². The van der Waals surface area contributed by atoms with E-state index in [1.54, 1.807) is 32.8 Å². The summed E-state index contributed by atoms with van der Waals surface area (Å²) in [6, 6.07) is 11.7. The quantitative estimate of drug-likeness (QED) is 0.168. The van der Waals surface area contributed by atoms with Crippen LogP contribution in [0.4, 0.5) is 23.1 Å². The van der Waals surface area contributed by atoms with Crippen LogP contribution in [0.15, 0.2) is 66.2 Å². The molecule has 2 aromatic carbocycles. The SMILES string of the molecule is CN=CC(=CN)c1ccc(OC)c(Nc2nc(Nc3ccc4nccnc4c3P(C)C)c3cc[nH]c3n2)c1. The number of aromatic amines is 1. The van der Waals surface area contributed by atoms with E-state index in [1.807, 2.05) is 42.6 Å². The molecule has 5 N–H and O–H groups in total. The molecule has 0 unspecified atom stereocenters. The van der Waals surface area contributed by atoms with Gasteiger partial charge in [0, 0.05) is 54.6 Å². The molecule has 0 amide bonds. The lowest BCUT2D eigenvalue weighted by atomic mass is 10.1. The molecule has 0 atom stereocenters. The van der Waals surface area contributed by atoms with Crippen LogP contribution in [0.1, 0.15) is 5.56 Å². The molecule has 0 saturated carbocycles. The smallest absolute Gasteiger partial charge is 0.231 e. The van der Waals surface area contributed by atoms with Crippen molar-refractivity contribution < 1.29 is 4.74 Å². The first-order chi connectivity index (χ1) is 18.5. The van der Waals surface area contributed by atoms with Gasteiger partial charge < -0.3 is 26.1 Å². The van der Waals surface area contributed by atoms with E-state index >= 15 is 0 Å². The van der Waals surface area contributed by atoms with Gasteiger partial charge in [0.2, 0.25) is 5.95 Å². The zero-order valence-corrected chi connectivity index (χ0v) is 22.4. The van der Waals surface area contributed by atoms with Crippen molar-refractivity contribution >= 4 is 70.2 Å². The minimum absolute atomic E-state index is 0.401. The highest BCUT2D eigenvalue weighted by atomic mass is 31.1. The van der Waals surface area contributed by atoms with Gasteiger partial charge in [-0.25, -0.2) is 0 Å². The van der Waals surface area contributed by atoms with Gasteiger partial charge >= 0.3 is 0 Å². The summed E-state index contributed by atoms with van der Waals surface area (Å²) in [4.78, 5) is 25.9. The van der Waals surface area contributed by atoms with E-state index in [-0.39, 0.29) is 0 Å². The molecule has 0 fully saturated rings. The van der Waals surface area contributed by atoms with Crippen LogP contribution in [-0.4, -0.2) is 58.6 Å². The third kappa shape index (κ3) is 4.86. The summed E-state index contributed by atoms with van der Waals surface area (Å²) in [5.74, 6) is 1.70. The van der Waals surface area contributed by atoms with Crippen molar-refractivity contribution in [3.8, 4) is 5.75 Å². The minimum atomic E-state index is -0.488. The average molecular weight is 526 g/mol. The average Bonchev–Trinajstić information content (AvgIpc) is 3.40. The van der Waals surface area contributed by atoms with Gasteiger partial charge in [-0.3, -0.25) is 15.0 Å². The lowest BCUT2D eigenvalue weighted by Crippen LogP contribution is -2.12. The Labute approximate surface area is 221 Å². The molecule has 3 aromatic heterocycles. The second-order valence-corrected chi connectivity index (χ2v) is 10.8. The van der Waals surface area contributed by atoms with Crippen LogP contribution < -0.4 is 26.4 Å². The first-order valence-electron chi connectivity index (χ1n) is 11.8. The minimum Gasteiger partial charge on any atom is -0.495 e.